The molecule has 148 valence electrons. The van der Waals surface area contributed by atoms with Crippen molar-refractivity contribution < 1.29 is 19.1 Å². The van der Waals surface area contributed by atoms with Gasteiger partial charge < -0.3 is 14.4 Å². The molecule has 2 atom stereocenters. The van der Waals surface area contributed by atoms with E-state index in [-0.39, 0.29) is 5.91 Å². The lowest BCUT2D eigenvalue weighted by Crippen LogP contribution is -2.55. The van der Waals surface area contributed by atoms with Gasteiger partial charge in [0.1, 0.15) is 17.4 Å². The monoisotopic (exact) mass is 391 g/mol. The fourth-order valence-electron chi connectivity index (χ4n) is 3.99. The van der Waals surface area contributed by atoms with Gasteiger partial charge in [-0.1, -0.05) is 0 Å². The standard InChI is InChI=1S/C22H21N3O4/c1-22(2)20(28-21(27)15-5-3-9-24-13-15)19(25-10-4-6-18(25)26)16-11-14(12-23)7-8-17(16)29-22/h3,5,7-9,11,13,19-20H,4,6,10H2,1-2H3/t19-,20+/m1/s1. The fraction of sp³-hybridized carbons (Fsp3) is 0.364. The van der Waals surface area contributed by atoms with Gasteiger partial charge in [-0.05, 0) is 50.6 Å². The van der Waals surface area contributed by atoms with Gasteiger partial charge in [0.05, 0.1) is 17.2 Å². The van der Waals surface area contributed by atoms with E-state index in [1.54, 1.807) is 41.4 Å². The zero-order chi connectivity index (χ0) is 20.6. The Labute approximate surface area is 168 Å². The molecule has 1 fully saturated rings. The van der Waals surface area contributed by atoms with E-state index in [4.69, 9.17) is 9.47 Å². The van der Waals surface area contributed by atoms with Crippen LogP contribution in [-0.4, -0.2) is 40.0 Å². The topological polar surface area (TPSA) is 92.5 Å². The Morgan fingerprint density at radius 2 is 2.21 bits per heavy atom. The second kappa shape index (κ2) is 7.21. The lowest BCUT2D eigenvalue weighted by molar-refractivity contribution is -0.140. The number of fused-ring (bicyclic) bond motifs is 1. The third kappa shape index (κ3) is 3.42. The number of hydrogen-bond donors (Lipinski definition) is 0. The number of aromatic nitrogens is 1. The number of nitrogens with zero attached hydrogens (tertiary/aromatic N) is 3. The van der Waals surface area contributed by atoms with Crippen molar-refractivity contribution in [1.29, 1.82) is 5.26 Å². The number of hydrogen-bond acceptors (Lipinski definition) is 6. The summed E-state index contributed by atoms with van der Waals surface area (Å²) in [6.07, 6.45) is 3.47. The van der Waals surface area contributed by atoms with Crippen LogP contribution in [0.4, 0.5) is 0 Å². The summed E-state index contributed by atoms with van der Waals surface area (Å²) in [5.74, 6) is 0.0622. The van der Waals surface area contributed by atoms with Crippen LogP contribution in [0.1, 0.15) is 54.2 Å². The third-order valence-electron chi connectivity index (χ3n) is 5.38. The molecule has 0 spiro atoms. The van der Waals surface area contributed by atoms with Crippen LogP contribution in [0.2, 0.25) is 0 Å². The summed E-state index contributed by atoms with van der Waals surface area (Å²) in [6.45, 7) is 4.24. The zero-order valence-electron chi connectivity index (χ0n) is 16.3. The van der Waals surface area contributed by atoms with Crippen molar-refractivity contribution in [3.63, 3.8) is 0 Å². The fourth-order valence-corrected chi connectivity index (χ4v) is 3.99. The van der Waals surface area contributed by atoms with E-state index >= 15 is 0 Å². The molecule has 2 aromatic rings. The van der Waals surface area contributed by atoms with Crippen molar-refractivity contribution in [3.8, 4) is 11.8 Å². The Morgan fingerprint density at radius 3 is 2.86 bits per heavy atom. The highest BCUT2D eigenvalue weighted by atomic mass is 16.6. The van der Waals surface area contributed by atoms with E-state index in [2.05, 4.69) is 11.1 Å². The molecule has 0 unspecified atom stereocenters. The number of nitriles is 1. The SMILES string of the molecule is CC1(C)Oc2ccc(C#N)cc2[C@@H](N2CCCC2=O)[C@@H]1OC(=O)c1cccnc1. The van der Waals surface area contributed by atoms with Crippen LogP contribution in [0.25, 0.3) is 0 Å². The van der Waals surface area contributed by atoms with Crippen molar-refractivity contribution in [2.45, 2.75) is 44.4 Å². The van der Waals surface area contributed by atoms with Crippen LogP contribution < -0.4 is 4.74 Å². The van der Waals surface area contributed by atoms with E-state index in [1.807, 2.05) is 13.8 Å². The highest BCUT2D eigenvalue weighted by molar-refractivity contribution is 5.89. The maximum absolute atomic E-state index is 12.8. The van der Waals surface area contributed by atoms with Gasteiger partial charge in [0.2, 0.25) is 5.91 Å². The first-order valence-corrected chi connectivity index (χ1v) is 9.54. The Hall–Kier alpha value is -3.40. The van der Waals surface area contributed by atoms with Crippen molar-refractivity contribution >= 4 is 11.9 Å². The lowest BCUT2D eigenvalue weighted by Gasteiger charge is -2.46. The second-order valence-corrected chi connectivity index (χ2v) is 7.77. The van der Waals surface area contributed by atoms with Crippen LogP contribution in [0.15, 0.2) is 42.7 Å². The van der Waals surface area contributed by atoms with E-state index in [1.165, 1.54) is 6.20 Å². The maximum atomic E-state index is 12.8. The summed E-state index contributed by atoms with van der Waals surface area (Å²) in [4.78, 5) is 31.1. The van der Waals surface area contributed by atoms with Gasteiger partial charge in [-0.15, -0.1) is 0 Å². The lowest BCUT2D eigenvalue weighted by atomic mass is 9.84. The second-order valence-electron chi connectivity index (χ2n) is 7.77. The smallest absolute Gasteiger partial charge is 0.340 e. The van der Waals surface area contributed by atoms with Crippen molar-refractivity contribution in [2.24, 2.45) is 0 Å². The highest BCUT2D eigenvalue weighted by Crippen LogP contribution is 2.46. The van der Waals surface area contributed by atoms with Gasteiger partial charge in [-0.3, -0.25) is 9.78 Å². The first kappa shape index (κ1) is 18.9. The highest BCUT2D eigenvalue weighted by Gasteiger charge is 2.50. The Kier molecular flexibility index (Phi) is 4.71. The molecule has 7 nitrogen and oxygen atoms in total. The molecular formula is C22H21N3O4. The summed E-state index contributed by atoms with van der Waals surface area (Å²) >= 11 is 0. The van der Waals surface area contributed by atoms with E-state index in [9.17, 15) is 14.9 Å². The first-order chi connectivity index (χ1) is 13.9. The minimum absolute atomic E-state index is 0.00318. The molecule has 1 aromatic heterocycles. The van der Waals surface area contributed by atoms with Crippen molar-refractivity contribution in [1.82, 2.24) is 9.88 Å². The molecule has 4 rings (SSSR count). The quantitative estimate of drug-likeness (QED) is 0.747. The van der Waals surface area contributed by atoms with Gasteiger partial charge in [0.15, 0.2) is 6.10 Å². The van der Waals surface area contributed by atoms with Gasteiger partial charge >= 0.3 is 5.97 Å². The van der Waals surface area contributed by atoms with E-state index in [0.29, 0.717) is 35.4 Å². The summed E-state index contributed by atoms with van der Waals surface area (Å²) in [5.41, 5.74) is 0.585. The number of ether oxygens (including phenoxy) is 2. The normalized spacial score (nSPS) is 22.4. The molecule has 1 aromatic carbocycles. The Morgan fingerprint density at radius 1 is 1.38 bits per heavy atom. The van der Waals surface area contributed by atoms with Gasteiger partial charge in [-0.25, -0.2) is 4.79 Å². The molecule has 1 saturated heterocycles. The summed E-state index contributed by atoms with van der Waals surface area (Å²) in [5, 5.41) is 9.34. The minimum Gasteiger partial charge on any atom is -0.484 e. The molecule has 0 radical (unpaired) electrons. The Bertz CT molecular complexity index is 997. The number of pyridine rings is 1. The molecule has 3 heterocycles. The predicted molar refractivity (Wildman–Crippen MR) is 103 cm³/mol. The summed E-state index contributed by atoms with van der Waals surface area (Å²) in [7, 11) is 0. The number of likely N-dealkylation sites (tertiary alicyclic amines) is 1. The number of carbonyl (C=O) groups is 2. The van der Waals surface area contributed by atoms with Crippen molar-refractivity contribution in [2.75, 3.05) is 6.54 Å². The molecule has 7 heteroatoms. The molecule has 1 amide bonds. The average molecular weight is 391 g/mol. The minimum atomic E-state index is -0.882. The molecule has 29 heavy (non-hydrogen) atoms. The zero-order valence-corrected chi connectivity index (χ0v) is 16.3. The van der Waals surface area contributed by atoms with Gasteiger partial charge in [0, 0.05) is 30.9 Å². The predicted octanol–water partition coefficient (Wildman–Crippen LogP) is 3.01. The molecule has 0 aliphatic carbocycles. The molecule has 0 bridgehead atoms. The number of esters is 1. The molecule has 0 saturated carbocycles. The average Bonchev–Trinajstić information content (AvgIpc) is 3.14. The van der Waals surface area contributed by atoms with Gasteiger partial charge in [0.25, 0.3) is 0 Å². The van der Waals surface area contributed by atoms with Crippen LogP contribution in [0, 0.1) is 11.3 Å². The third-order valence-corrected chi connectivity index (χ3v) is 5.38. The van der Waals surface area contributed by atoms with Crippen LogP contribution in [0.3, 0.4) is 0 Å². The van der Waals surface area contributed by atoms with Crippen molar-refractivity contribution in [3.05, 3.63) is 59.4 Å². The molecular weight excluding hydrogens is 370 g/mol. The molecule has 2 aliphatic rings. The van der Waals surface area contributed by atoms with E-state index in [0.717, 1.165) is 6.42 Å². The molecule has 0 N–H and O–H groups in total. The maximum Gasteiger partial charge on any atom is 0.340 e. The summed E-state index contributed by atoms with van der Waals surface area (Å²) in [6, 6.07) is 10.0. The van der Waals surface area contributed by atoms with Crippen LogP contribution >= 0.6 is 0 Å². The number of rotatable bonds is 3. The van der Waals surface area contributed by atoms with E-state index < -0.39 is 23.7 Å². The number of benzene rings is 1. The first-order valence-electron chi connectivity index (χ1n) is 9.54. The number of carbonyl (C=O) groups excluding carboxylic acids is 2. The summed E-state index contributed by atoms with van der Waals surface area (Å²) < 4.78 is 12.1. The van der Waals surface area contributed by atoms with Crippen LogP contribution in [-0.2, 0) is 9.53 Å². The number of amides is 1. The largest absolute Gasteiger partial charge is 0.484 e. The Balaban J connectivity index is 1.79. The molecule has 2 aliphatic heterocycles. The van der Waals surface area contributed by atoms with Gasteiger partial charge in [-0.2, -0.15) is 5.26 Å². The van der Waals surface area contributed by atoms with Crippen LogP contribution in [0.5, 0.6) is 5.75 Å².